The third kappa shape index (κ3) is 3.89. The van der Waals surface area contributed by atoms with Crippen LogP contribution in [0.5, 0.6) is 17.4 Å². The molecule has 0 saturated carbocycles. The van der Waals surface area contributed by atoms with Gasteiger partial charge in [0, 0.05) is 11.8 Å². The van der Waals surface area contributed by atoms with E-state index in [1.165, 1.54) is 0 Å². The Morgan fingerprint density at radius 2 is 1.90 bits per heavy atom. The number of benzene rings is 1. The fourth-order valence-corrected chi connectivity index (χ4v) is 2.61. The Morgan fingerprint density at radius 1 is 1.19 bits per heavy atom. The smallest absolute Gasteiger partial charge is 0.233 e. The second kappa shape index (κ2) is 6.24. The summed E-state index contributed by atoms with van der Waals surface area (Å²) < 4.78 is 12.0. The van der Waals surface area contributed by atoms with Crippen molar-refractivity contribution in [3.63, 3.8) is 0 Å². The van der Waals surface area contributed by atoms with Crippen molar-refractivity contribution >= 4 is 27.5 Å². The number of nitrogens with zero attached hydrogens (tertiary/aromatic N) is 1. The van der Waals surface area contributed by atoms with Crippen LogP contribution in [0.4, 0.5) is 0 Å². The van der Waals surface area contributed by atoms with Crippen LogP contribution in [0.1, 0.15) is 26.3 Å². The SMILES string of the molecule is COc1ccc(Oc2ncc(Cl)cc2Br)c(C(C)(C)C)c1. The second-order valence-corrected chi connectivity index (χ2v) is 6.95. The minimum atomic E-state index is -0.0806. The Hall–Kier alpha value is -1.26. The second-order valence-electron chi connectivity index (χ2n) is 5.65. The van der Waals surface area contributed by atoms with E-state index in [1.54, 1.807) is 19.4 Å². The van der Waals surface area contributed by atoms with E-state index in [2.05, 4.69) is 41.7 Å². The molecule has 112 valence electrons. The average molecular weight is 371 g/mol. The highest BCUT2D eigenvalue weighted by Crippen LogP contribution is 2.38. The van der Waals surface area contributed by atoms with Crippen molar-refractivity contribution in [1.29, 1.82) is 0 Å². The predicted octanol–water partition coefficient (Wildman–Crippen LogP) is 5.60. The van der Waals surface area contributed by atoms with E-state index < -0.39 is 0 Å². The van der Waals surface area contributed by atoms with Crippen LogP contribution in [-0.2, 0) is 5.41 Å². The molecule has 0 aliphatic heterocycles. The van der Waals surface area contributed by atoms with Crippen molar-refractivity contribution in [3.8, 4) is 17.4 Å². The molecule has 3 nitrogen and oxygen atoms in total. The summed E-state index contributed by atoms with van der Waals surface area (Å²) >= 11 is 9.31. The highest BCUT2D eigenvalue weighted by atomic mass is 79.9. The lowest BCUT2D eigenvalue weighted by atomic mass is 9.86. The minimum Gasteiger partial charge on any atom is -0.497 e. The van der Waals surface area contributed by atoms with Crippen molar-refractivity contribution in [1.82, 2.24) is 4.98 Å². The highest BCUT2D eigenvalue weighted by Gasteiger charge is 2.21. The summed E-state index contributed by atoms with van der Waals surface area (Å²) in [6, 6.07) is 7.50. The Balaban J connectivity index is 2.44. The normalized spacial score (nSPS) is 11.3. The van der Waals surface area contributed by atoms with Gasteiger partial charge in [-0.1, -0.05) is 32.4 Å². The number of halogens is 2. The van der Waals surface area contributed by atoms with Crippen molar-refractivity contribution < 1.29 is 9.47 Å². The summed E-state index contributed by atoms with van der Waals surface area (Å²) in [6.45, 7) is 6.37. The molecule has 0 aliphatic carbocycles. The Labute approximate surface area is 138 Å². The Kier molecular flexibility index (Phi) is 4.79. The standard InChI is InChI=1S/C16H17BrClNO2/c1-16(2,3)12-8-11(20-4)5-6-14(12)21-15-13(17)7-10(18)9-19-15/h5-9H,1-4H3. The van der Waals surface area contributed by atoms with Gasteiger partial charge in [0.25, 0.3) is 0 Å². The molecule has 0 N–H and O–H groups in total. The number of hydrogen-bond acceptors (Lipinski definition) is 3. The largest absolute Gasteiger partial charge is 0.497 e. The quantitative estimate of drug-likeness (QED) is 0.705. The molecule has 0 saturated heterocycles. The maximum Gasteiger partial charge on any atom is 0.233 e. The Bertz CT molecular complexity index is 653. The minimum absolute atomic E-state index is 0.0806. The lowest BCUT2D eigenvalue weighted by molar-refractivity contribution is 0.405. The highest BCUT2D eigenvalue weighted by molar-refractivity contribution is 9.10. The molecule has 2 rings (SSSR count). The monoisotopic (exact) mass is 369 g/mol. The van der Waals surface area contributed by atoms with Crippen LogP contribution in [0.2, 0.25) is 5.02 Å². The summed E-state index contributed by atoms with van der Waals surface area (Å²) in [5, 5.41) is 0.556. The van der Waals surface area contributed by atoms with Crippen molar-refractivity contribution in [2.24, 2.45) is 0 Å². The molecule has 0 unspecified atom stereocenters. The molecule has 2 aromatic rings. The van der Waals surface area contributed by atoms with Crippen LogP contribution < -0.4 is 9.47 Å². The summed E-state index contributed by atoms with van der Waals surface area (Å²) in [4.78, 5) is 4.21. The van der Waals surface area contributed by atoms with Crippen LogP contribution in [0.15, 0.2) is 34.9 Å². The number of rotatable bonds is 3. The maximum atomic E-state index is 5.95. The van der Waals surface area contributed by atoms with E-state index >= 15 is 0 Å². The zero-order valence-electron chi connectivity index (χ0n) is 12.4. The van der Waals surface area contributed by atoms with Crippen LogP contribution in [0.25, 0.3) is 0 Å². The number of aromatic nitrogens is 1. The molecular formula is C16H17BrClNO2. The van der Waals surface area contributed by atoms with Gasteiger partial charge in [0.1, 0.15) is 11.5 Å². The van der Waals surface area contributed by atoms with Gasteiger partial charge >= 0.3 is 0 Å². The van der Waals surface area contributed by atoms with E-state index in [-0.39, 0.29) is 5.41 Å². The Morgan fingerprint density at radius 3 is 2.48 bits per heavy atom. The van der Waals surface area contributed by atoms with E-state index in [9.17, 15) is 0 Å². The number of hydrogen-bond donors (Lipinski definition) is 0. The van der Waals surface area contributed by atoms with Crippen LogP contribution >= 0.6 is 27.5 Å². The average Bonchev–Trinajstić information content (AvgIpc) is 2.41. The number of ether oxygens (including phenoxy) is 2. The molecule has 0 radical (unpaired) electrons. The fourth-order valence-electron chi connectivity index (χ4n) is 1.89. The van der Waals surface area contributed by atoms with Gasteiger partial charge in [-0.2, -0.15) is 0 Å². The zero-order valence-corrected chi connectivity index (χ0v) is 14.7. The molecule has 0 bridgehead atoms. The first kappa shape index (κ1) is 16.1. The summed E-state index contributed by atoms with van der Waals surface area (Å²) in [5.74, 6) is 2.03. The first-order valence-electron chi connectivity index (χ1n) is 6.48. The summed E-state index contributed by atoms with van der Waals surface area (Å²) in [6.07, 6.45) is 1.56. The van der Waals surface area contributed by atoms with Gasteiger partial charge in [0.2, 0.25) is 5.88 Å². The van der Waals surface area contributed by atoms with Gasteiger partial charge in [-0.15, -0.1) is 0 Å². The fraction of sp³-hybridized carbons (Fsp3) is 0.312. The number of methoxy groups -OCH3 is 1. The third-order valence-corrected chi connectivity index (χ3v) is 3.75. The molecule has 0 spiro atoms. The molecule has 5 heteroatoms. The first-order valence-corrected chi connectivity index (χ1v) is 7.66. The van der Waals surface area contributed by atoms with Gasteiger partial charge in [0.15, 0.2) is 0 Å². The molecular weight excluding hydrogens is 354 g/mol. The maximum absolute atomic E-state index is 5.95. The van der Waals surface area contributed by atoms with Gasteiger partial charge in [-0.25, -0.2) is 4.98 Å². The predicted molar refractivity (Wildman–Crippen MR) is 88.7 cm³/mol. The van der Waals surface area contributed by atoms with E-state index in [0.717, 1.165) is 17.1 Å². The van der Waals surface area contributed by atoms with Crippen molar-refractivity contribution in [2.75, 3.05) is 7.11 Å². The molecule has 0 fully saturated rings. The van der Waals surface area contributed by atoms with E-state index in [4.69, 9.17) is 21.1 Å². The topological polar surface area (TPSA) is 31.4 Å². The van der Waals surface area contributed by atoms with Crippen molar-refractivity contribution in [2.45, 2.75) is 26.2 Å². The number of pyridine rings is 1. The lowest BCUT2D eigenvalue weighted by Gasteiger charge is -2.23. The van der Waals surface area contributed by atoms with Gasteiger partial charge in [0.05, 0.1) is 16.6 Å². The van der Waals surface area contributed by atoms with E-state index in [0.29, 0.717) is 15.4 Å². The molecule has 21 heavy (non-hydrogen) atoms. The van der Waals surface area contributed by atoms with Gasteiger partial charge < -0.3 is 9.47 Å². The molecule has 0 aliphatic rings. The van der Waals surface area contributed by atoms with Crippen LogP contribution in [0, 0.1) is 0 Å². The molecule has 1 aromatic carbocycles. The molecule has 1 aromatic heterocycles. The van der Waals surface area contributed by atoms with Crippen LogP contribution in [0.3, 0.4) is 0 Å². The first-order chi connectivity index (χ1) is 9.81. The third-order valence-electron chi connectivity index (χ3n) is 2.98. The molecule has 1 heterocycles. The lowest BCUT2D eigenvalue weighted by Crippen LogP contribution is -2.13. The van der Waals surface area contributed by atoms with Crippen molar-refractivity contribution in [3.05, 3.63) is 45.5 Å². The van der Waals surface area contributed by atoms with Gasteiger partial charge in [-0.3, -0.25) is 0 Å². The molecule has 0 amide bonds. The summed E-state index contributed by atoms with van der Waals surface area (Å²) in [7, 11) is 1.65. The van der Waals surface area contributed by atoms with E-state index in [1.807, 2.05) is 18.2 Å². The zero-order chi connectivity index (χ0) is 15.6. The van der Waals surface area contributed by atoms with Crippen LogP contribution in [-0.4, -0.2) is 12.1 Å². The summed E-state index contributed by atoms with van der Waals surface area (Å²) in [5.41, 5.74) is 0.966. The van der Waals surface area contributed by atoms with Gasteiger partial charge in [-0.05, 0) is 45.6 Å². The molecule has 0 atom stereocenters.